The summed E-state index contributed by atoms with van der Waals surface area (Å²) in [5.41, 5.74) is 0. The Kier molecular flexibility index (Phi) is 3.15. The summed E-state index contributed by atoms with van der Waals surface area (Å²) in [6.07, 6.45) is 4.09. The summed E-state index contributed by atoms with van der Waals surface area (Å²) in [6, 6.07) is 2.65. The van der Waals surface area contributed by atoms with Crippen LogP contribution in [0.15, 0.2) is 22.7 Å². The summed E-state index contributed by atoms with van der Waals surface area (Å²) in [6.45, 7) is 0. The minimum atomic E-state index is -0.647. The summed E-state index contributed by atoms with van der Waals surface area (Å²) in [5, 5.41) is 21.1. The number of rotatable bonds is 4. The molecule has 18 heavy (non-hydrogen) atoms. The van der Waals surface area contributed by atoms with Crippen molar-refractivity contribution in [2.75, 3.05) is 0 Å². The fourth-order valence-corrected chi connectivity index (χ4v) is 1.76. The van der Waals surface area contributed by atoms with Crippen LogP contribution in [0.2, 0.25) is 0 Å². The van der Waals surface area contributed by atoms with Gasteiger partial charge in [-0.05, 0) is 29.6 Å². The molecule has 0 amide bonds. The van der Waals surface area contributed by atoms with E-state index in [0.717, 1.165) is 17.5 Å². The molecular formula is C9H5N3O5S. The molecule has 2 aromatic rings. The number of nitro groups is 2. The largest absolute Gasteiger partial charge is 0.433 e. The molecule has 0 aromatic carbocycles. The molecule has 2 heterocycles. The van der Waals surface area contributed by atoms with Crippen LogP contribution < -0.4 is 0 Å². The van der Waals surface area contributed by atoms with Gasteiger partial charge in [0.1, 0.15) is 21.9 Å². The molecule has 2 rings (SSSR count). The third-order valence-electron chi connectivity index (χ3n) is 1.87. The quantitative estimate of drug-likeness (QED) is 0.621. The highest BCUT2D eigenvalue weighted by molar-refractivity contribution is 7.15. The zero-order valence-corrected chi connectivity index (χ0v) is 9.49. The van der Waals surface area contributed by atoms with Crippen LogP contribution in [0.25, 0.3) is 12.2 Å². The van der Waals surface area contributed by atoms with E-state index < -0.39 is 9.85 Å². The molecule has 0 unspecified atom stereocenters. The predicted molar refractivity (Wildman–Crippen MR) is 63.1 cm³/mol. The Bertz CT molecular complexity index is 575. The fourth-order valence-electron chi connectivity index (χ4n) is 1.12. The van der Waals surface area contributed by atoms with Crippen LogP contribution in [0.3, 0.4) is 0 Å². The van der Waals surface area contributed by atoms with Crippen LogP contribution in [0.4, 0.5) is 10.9 Å². The van der Waals surface area contributed by atoms with Gasteiger partial charge < -0.3 is 4.42 Å². The van der Waals surface area contributed by atoms with Gasteiger partial charge in [-0.1, -0.05) is 0 Å². The van der Waals surface area contributed by atoms with Crippen molar-refractivity contribution in [1.29, 1.82) is 0 Å². The highest BCUT2D eigenvalue weighted by atomic mass is 32.1. The molecule has 0 aliphatic rings. The Hall–Kier alpha value is -2.55. The number of furan rings is 1. The predicted octanol–water partition coefficient (Wildman–Crippen LogP) is 2.72. The fraction of sp³-hybridized carbons (Fsp3) is 0. The lowest BCUT2D eigenvalue weighted by Crippen LogP contribution is -1.82. The van der Waals surface area contributed by atoms with E-state index >= 15 is 0 Å². The van der Waals surface area contributed by atoms with Gasteiger partial charge in [0.2, 0.25) is 0 Å². The van der Waals surface area contributed by atoms with Crippen molar-refractivity contribution in [3.63, 3.8) is 0 Å². The SMILES string of the molecule is O=[N+]([O-])c1ccc(/C=C/c2ncc([N+](=O)[O-])s2)o1. The van der Waals surface area contributed by atoms with Crippen molar-refractivity contribution < 1.29 is 14.3 Å². The van der Waals surface area contributed by atoms with Gasteiger partial charge in [0.05, 0.1) is 11.0 Å². The first-order valence-electron chi connectivity index (χ1n) is 4.59. The number of hydrogen-bond acceptors (Lipinski definition) is 7. The van der Waals surface area contributed by atoms with E-state index in [9.17, 15) is 20.2 Å². The molecule has 2 aromatic heterocycles. The minimum absolute atomic E-state index is 0.0694. The summed E-state index contributed by atoms with van der Waals surface area (Å²) in [4.78, 5) is 23.4. The van der Waals surface area contributed by atoms with E-state index in [0.29, 0.717) is 5.01 Å². The van der Waals surface area contributed by atoms with Crippen LogP contribution in [0.5, 0.6) is 0 Å². The van der Waals surface area contributed by atoms with Gasteiger partial charge in [0, 0.05) is 0 Å². The normalized spacial score (nSPS) is 10.9. The van der Waals surface area contributed by atoms with Gasteiger partial charge in [-0.3, -0.25) is 20.2 Å². The maximum atomic E-state index is 10.4. The standard InChI is InChI=1S/C9H5N3O5S/c13-11(14)8-4-2-6(17-8)1-3-7-10-5-9(18-7)12(15)16/h1-5H/b3-1+. The van der Waals surface area contributed by atoms with Crippen molar-refractivity contribution in [3.8, 4) is 0 Å². The second-order valence-electron chi connectivity index (χ2n) is 3.06. The molecule has 0 atom stereocenters. The molecule has 0 bridgehead atoms. The van der Waals surface area contributed by atoms with Crippen LogP contribution in [0, 0.1) is 20.2 Å². The van der Waals surface area contributed by atoms with Crippen molar-refractivity contribution in [1.82, 2.24) is 4.98 Å². The molecule has 9 heteroatoms. The first-order valence-corrected chi connectivity index (χ1v) is 5.40. The second-order valence-corrected chi connectivity index (χ2v) is 4.10. The summed E-state index contributed by atoms with van der Waals surface area (Å²) in [7, 11) is 0. The third-order valence-corrected chi connectivity index (χ3v) is 2.79. The molecule has 0 radical (unpaired) electrons. The average Bonchev–Trinajstić information content (AvgIpc) is 2.95. The van der Waals surface area contributed by atoms with Gasteiger partial charge in [-0.25, -0.2) is 4.98 Å². The lowest BCUT2D eigenvalue weighted by molar-refractivity contribution is -0.402. The topological polar surface area (TPSA) is 112 Å². The number of hydrogen-bond donors (Lipinski definition) is 0. The van der Waals surface area contributed by atoms with E-state index in [1.807, 2.05) is 0 Å². The van der Waals surface area contributed by atoms with Gasteiger partial charge in [0.25, 0.3) is 0 Å². The summed E-state index contributed by atoms with van der Waals surface area (Å²) < 4.78 is 4.88. The minimum Gasteiger partial charge on any atom is -0.401 e. The monoisotopic (exact) mass is 267 g/mol. The number of nitrogens with zero attached hydrogens (tertiary/aromatic N) is 3. The lowest BCUT2D eigenvalue weighted by Gasteiger charge is -1.83. The second kappa shape index (κ2) is 4.75. The van der Waals surface area contributed by atoms with Gasteiger partial charge in [-0.2, -0.15) is 0 Å². The summed E-state index contributed by atoms with van der Waals surface area (Å²) in [5.74, 6) is -0.0840. The Morgan fingerprint density at radius 3 is 2.56 bits per heavy atom. The molecule has 0 saturated carbocycles. The third kappa shape index (κ3) is 2.58. The number of aromatic nitrogens is 1. The average molecular weight is 267 g/mol. The Morgan fingerprint density at radius 1 is 1.22 bits per heavy atom. The highest BCUT2D eigenvalue weighted by Crippen LogP contribution is 2.23. The molecule has 8 nitrogen and oxygen atoms in total. The molecule has 92 valence electrons. The van der Waals surface area contributed by atoms with E-state index in [1.165, 1.54) is 24.3 Å². The van der Waals surface area contributed by atoms with Crippen LogP contribution in [-0.2, 0) is 0 Å². The molecule has 0 spiro atoms. The van der Waals surface area contributed by atoms with Gasteiger partial charge in [-0.15, -0.1) is 0 Å². The van der Waals surface area contributed by atoms with Crippen molar-refractivity contribution >= 4 is 34.4 Å². The van der Waals surface area contributed by atoms with Gasteiger partial charge >= 0.3 is 10.9 Å². The summed E-state index contributed by atoms with van der Waals surface area (Å²) >= 11 is 0.901. The van der Waals surface area contributed by atoms with Crippen LogP contribution >= 0.6 is 11.3 Å². The smallest absolute Gasteiger partial charge is 0.401 e. The molecule has 0 N–H and O–H groups in total. The molecule has 0 saturated heterocycles. The zero-order chi connectivity index (χ0) is 13.1. The van der Waals surface area contributed by atoms with Gasteiger partial charge in [0.15, 0.2) is 0 Å². The molecule has 0 aliphatic heterocycles. The van der Waals surface area contributed by atoms with Crippen molar-refractivity contribution in [2.24, 2.45) is 0 Å². The maximum absolute atomic E-state index is 10.4. The van der Waals surface area contributed by atoms with Crippen LogP contribution in [-0.4, -0.2) is 14.8 Å². The molecular weight excluding hydrogens is 262 g/mol. The Morgan fingerprint density at radius 2 is 2.00 bits per heavy atom. The van der Waals surface area contributed by atoms with E-state index in [2.05, 4.69) is 4.98 Å². The lowest BCUT2D eigenvalue weighted by atomic mass is 10.4. The molecule has 0 fully saturated rings. The van der Waals surface area contributed by atoms with Crippen molar-refractivity contribution in [3.05, 3.63) is 49.3 Å². The van der Waals surface area contributed by atoms with E-state index in [4.69, 9.17) is 4.42 Å². The Labute approximate surface area is 103 Å². The molecule has 0 aliphatic carbocycles. The Balaban J connectivity index is 2.13. The number of thiazole rings is 1. The van der Waals surface area contributed by atoms with Crippen LogP contribution in [0.1, 0.15) is 10.8 Å². The van der Waals surface area contributed by atoms with Crippen molar-refractivity contribution in [2.45, 2.75) is 0 Å². The highest BCUT2D eigenvalue weighted by Gasteiger charge is 2.11. The van der Waals surface area contributed by atoms with E-state index in [-0.39, 0.29) is 16.6 Å². The maximum Gasteiger partial charge on any atom is 0.433 e. The first-order chi connectivity index (χ1) is 8.56. The first kappa shape index (κ1) is 11.9. The van der Waals surface area contributed by atoms with E-state index in [1.54, 1.807) is 0 Å². The zero-order valence-electron chi connectivity index (χ0n) is 8.68.